The van der Waals surface area contributed by atoms with E-state index in [1.165, 1.54) is 17.1 Å². The molecule has 86 valence electrons. The standard InChI is InChI=1S/C8H15N3O3S/c1-7(2)10-15(13,14)8-5-9-11(6-8)3-4-12/h5-7,10,12H,3-4H2,1-2H3. The van der Waals surface area contributed by atoms with Crippen molar-refractivity contribution in [2.45, 2.75) is 31.3 Å². The predicted molar refractivity (Wildman–Crippen MR) is 54.8 cm³/mol. The van der Waals surface area contributed by atoms with Crippen molar-refractivity contribution >= 4 is 10.0 Å². The van der Waals surface area contributed by atoms with Gasteiger partial charge in [-0.15, -0.1) is 0 Å². The van der Waals surface area contributed by atoms with Crippen LogP contribution in [0.25, 0.3) is 0 Å². The lowest BCUT2D eigenvalue weighted by Gasteiger charge is -2.06. The van der Waals surface area contributed by atoms with E-state index in [4.69, 9.17) is 5.11 Å². The van der Waals surface area contributed by atoms with Crippen LogP contribution in [0.4, 0.5) is 0 Å². The summed E-state index contributed by atoms with van der Waals surface area (Å²) in [5.41, 5.74) is 0. The molecule has 0 saturated carbocycles. The lowest BCUT2D eigenvalue weighted by molar-refractivity contribution is 0.269. The van der Waals surface area contributed by atoms with E-state index in [-0.39, 0.29) is 24.1 Å². The molecule has 0 radical (unpaired) electrons. The molecule has 1 aromatic heterocycles. The first-order valence-electron chi connectivity index (χ1n) is 4.61. The molecule has 0 spiro atoms. The molecule has 0 aromatic carbocycles. The van der Waals surface area contributed by atoms with Gasteiger partial charge in [-0.2, -0.15) is 5.10 Å². The highest BCUT2D eigenvalue weighted by Gasteiger charge is 2.17. The Labute approximate surface area is 89.0 Å². The third-order valence-electron chi connectivity index (χ3n) is 1.64. The first kappa shape index (κ1) is 12.2. The van der Waals surface area contributed by atoms with E-state index in [0.29, 0.717) is 0 Å². The number of aliphatic hydroxyl groups is 1. The third kappa shape index (κ3) is 3.29. The van der Waals surface area contributed by atoms with Gasteiger partial charge < -0.3 is 5.11 Å². The molecular formula is C8H15N3O3S. The van der Waals surface area contributed by atoms with Crippen molar-refractivity contribution in [1.82, 2.24) is 14.5 Å². The highest BCUT2D eigenvalue weighted by Crippen LogP contribution is 2.07. The lowest BCUT2D eigenvalue weighted by atomic mass is 10.4. The van der Waals surface area contributed by atoms with Crippen LogP contribution < -0.4 is 4.72 Å². The Morgan fingerprint density at radius 1 is 1.60 bits per heavy atom. The Kier molecular flexibility index (Phi) is 3.83. The zero-order valence-electron chi connectivity index (χ0n) is 8.71. The van der Waals surface area contributed by atoms with Gasteiger partial charge in [0.1, 0.15) is 4.90 Å². The first-order chi connectivity index (χ1) is 6.95. The Bertz CT molecular complexity index is 411. The van der Waals surface area contributed by atoms with Gasteiger partial charge in [-0.25, -0.2) is 13.1 Å². The molecule has 15 heavy (non-hydrogen) atoms. The average Bonchev–Trinajstić information content (AvgIpc) is 2.51. The van der Waals surface area contributed by atoms with E-state index in [2.05, 4.69) is 9.82 Å². The molecule has 0 bridgehead atoms. The van der Waals surface area contributed by atoms with Crippen molar-refractivity contribution < 1.29 is 13.5 Å². The number of rotatable bonds is 5. The van der Waals surface area contributed by atoms with E-state index in [9.17, 15) is 8.42 Å². The highest BCUT2D eigenvalue weighted by molar-refractivity contribution is 7.89. The van der Waals surface area contributed by atoms with Gasteiger partial charge in [0.05, 0.1) is 19.3 Å². The minimum atomic E-state index is -3.47. The second-order valence-corrected chi connectivity index (χ2v) is 5.15. The van der Waals surface area contributed by atoms with E-state index < -0.39 is 10.0 Å². The van der Waals surface area contributed by atoms with Gasteiger partial charge in [0.25, 0.3) is 0 Å². The molecule has 1 rings (SSSR count). The van der Waals surface area contributed by atoms with Crippen molar-refractivity contribution in [3.05, 3.63) is 12.4 Å². The summed E-state index contributed by atoms with van der Waals surface area (Å²) < 4.78 is 27.1. The molecular weight excluding hydrogens is 218 g/mol. The molecule has 0 atom stereocenters. The number of aliphatic hydroxyl groups excluding tert-OH is 1. The monoisotopic (exact) mass is 233 g/mol. The molecule has 2 N–H and O–H groups in total. The fourth-order valence-corrected chi connectivity index (χ4v) is 2.29. The van der Waals surface area contributed by atoms with E-state index in [0.717, 1.165) is 0 Å². The zero-order chi connectivity index (χ0) is 11.5. The Morgan fingerprint density at radius 2 is 2.27 bits per heavy atom. The maximum atomic E-state index is 11.6. The van der Waals surface area contributed by atoms with Gasteiger partial charge >= 0.3 is 0 Å². The Morgan fingerprint density at radius 3 is 2.80 bits per heavy atom. The molecule has 0 amide bonds. The van der Waals surface area contributed by atoms with E-state index >= 15 is 0 Å². The van der Waals surface area contributed by atoms with Crippen LogP contribution in [0.5, 0.6) is 0 Å². The minimum Gasteiger partial charge on any atom is -0.394 e. The maximum Gasteiger partial charge on any atom is 0.243 e. The van der Waals surface area contributed by atoms with Gasteiger partial charge in [0, 0.05) is 12.2 Å². The fourth-order valence-electron chi connectivity index (χ4n) is 1.09. The topological polar surface area (TPSA) is 84.2 Å². The molecule has 0 aliphatic heterocycles. The van der Waals surface area contributed by atoms with Crippen LogP contribution in [0.15, 0.2) is 17.3 Å². The third-order valence-corrected chi connectivity index (χ3v) is 3.25. The fraction of sp³-hybridized carbons (Fsp3) is 0.625. The molecule has 1 heterocycles. The van der Waals surface area contributed by atoms with Gasteiger partial charge in [-0.3, -0.25) is 4.68 Å². The highest BCUT2D eigenvalue weighted by atomic mass is 32.2. The number of sulfonamides is 1. The average molecular weight is 233 g/mol. The molecule has 0 aliphatic rings. The quantitative estimate of drug-likeness (QED) is 0.722. The van der Waals surface area contributed by atoms with Gasteiger partial charge in [-0.1, -0.05) is 0 Å². The number of hydrogen-bond acceptors (Lipinski definition) is 4. The minimum absolute atomic E-state index is 0.0707. The van der Waals surface area contributed by atoms with Gasteiger partial charge in [0.2, 0.25) is 10.0 Å². The van der Waals surface area contributed by atoms with Crippen molar-refractivity contribution in [2.75, 3.05) is 6.61 Å². The van der Waals surface area contributed by atoms with Crippen LogP contribution in [0.2, 0.25) is 0 Å². The van der Waals surface area contributed by atoms with Crippen molar-refractivity contribution in [2.24, 2.45) is 0 Å². The number of nitrogens with zero attached hydrogens (tertiary/aromatic N) is 2. The van der Waals surface area contributed by atoms with Crippen LogP contribution in [-0.2, 0) is 16.6 Å². The maximum absolute atomic E-state index is 11.6. The normalized spacial score (nSPS) is 12.3. The van der Waals surface area contributed by atoms with Crippen molar-refractivity contribution in [3.63, 3.8) is 0 Å². The van der Waals surface area contributed by atoms with Crippen LogP contribution in [-0.4, -0.2) is 36.0 Å². The van der Waals surface area contributed by atoms with Crippen molar-refractivity contribution in [3.8, 4) is 0 Å². The van der Waals surface area contributed by atoms with Crippen LogP contribution in [0.3, 0.4) is 0 Å². The summed E-state index contributed by atoms with van der Waals surface area (Å²) in [5.74, 6) is 0. The van der Waals surface area contributed by atoms with Crippen LogP contribution in [0, 0.1) is 0 Å². The summed E-state index contributed by atoms with van der Waals surface area (Å²) in [6, 6.07) is -0.156. The second kappa shape index (κ2) is 4.73. The summed E-state index contributed by atoms with van der Waals surface area (Å²) in [6.07, 6.45) is 2.65. The first-order valence-corrected chi connectivity index (χ1v) is 6.09. The van der Waals surface area contributed by atoms with Crippen molar-refractivity contribution in [1.29, 1.82) is 0 Å². The van der Waals surface area contributed by atoms with E-state index in [1.807, 2.05) is 0 Å². The summed E-state index contributed by atoms with van der Waals surface area (Å²) in [7, 11) is -3.47. The SMILES string of the molecule is CC(C)NS(=O)(=O)c1cnn(CCO)c1. The summed E-state index contributed by atoms with van der Waals surface area (Å²) in [5, 5.41) is 12.5. The summed E-state index contributed by atoms with van der Waals surface area (Å²) in [4.78, 5) is 0.115. The lowest BCUT2D eigenvalue weighted by Crippen LogP contribution is -2.29. The smallest absolute Gasteiger partial charge is 0.243 e. The molecule has 6 nitrogen and oxygen atoms in total. The Hall–Kier alpha value is -0.920. The second-order valence-electron chi connectivity index (χ2n) is 3.44. The molecule has 0 unspecified atom stereocenters. The molecule has 0 fully saturated rings. The molecule has 0 saturated heterocycles. The molecule has 1 aromatic rings. The molecule has 0 aliphatic carbocycles. The van der Waals surface area contributed by atoms with E-state index in [1.54, 1.807) is 13.8 Å². The predicted octanol–water partition coefficient (Wildman–Crippen LogP) is -0.438. The van der Waals surface area contributed by atoms with Gasteiger partial charge in [-0.05, 0) is 13.8 Å². The zero-order valence-corrected chi connectivity index (χ0v) is 9.53. The number of aromatic nitrogens is 2. The van der Waals surface area contributed by atoms with Gasteiger partial charge in [0.15, 0.2) is 0 Å². The van der Waals surface area contributed by atoms with Crippen LogP contribution in [0.1, 0.15) is 13.8 Å². The number of nitrogens with one attached hydrogen (secondary N) is 1. The Balaban J connectivity index is 2.86. The summed E-state index contributed by atoms with van der Waals surface area (Å²) in [6.45, 7) is 3.71. The van der Waals surface area contributed by atoms with Crippen LogP contribution >= 0.6 is 0 Å². The molecule has 7 heteroatoms. The summed E-state index contributed by atoms with van der Waals surface area (Å²) >= 11 is 0. The number of hydrogen-bond donors (Lipinski definition) is 2. The largest absolute Gasteiger partial charge is 0.394 e.